The highest BCUT2D eigenvalue weighted by Gasteiger charge is 2.31. The third-order valence-corrected chi connectivity index (χ3v) is 5.72. The second-order valence-electron chi connectivity index (χ2n) is 7.89. The fourth-order valence-corrected chi connectivity index (χ4v) is 4.08. The number of urea groups is 1. The van der Waals surface area contributed by atoms with E-state index in [9.17, 15) is 18.0 Å². The van der Waals surface area contributed by atoms with Crippen LogP contribution in [0.25, 0.3) is 33.1 Å². The second-order valence-corrected chi connectivity index (χ2v) is 7.89. The molecule has 6 nitrogen and oxygen atoms in total. The normalized spacial score (nSPS) is 11.8. The molecule has 0 spiro atoms. The van der Waals surface area contributed by atoms with Crippen molar-refractivity contribution in [2.45, 2.75) is 13.1 Å². The van der Waals surface area contributed by atoms with E-state index in [0.29, 0.717) is 5.69 Å². The number of aryl methyl sites for hydroxylation is 1. The summed E-state index contributed by atoms with van der Waals surface area (Å²) in [5.41, 5.74) is 9.33. The van der Waals surface area contributed by atoms with E-state index in [1.807, 2.05) is 25.1 Å². The third-order valence-electron chi connectivity index (χ3n) is 5.72. The number of primary amides is 1. The summed E-state index contributed by atoms with van der Waals surface area (Å²) in [6.45, 7) is 1.92. The Morgan fingerprint density at radius 2 is 1.79 bits per heavy atom. The standard InChI is InChI=1S/C25H18F3N5O/c1-14-5-7-18(33(24(29)34)17-4-2-3-16(10-17)25(26,27)28)11-19(14)15-6-8-22-20(9-15)21-12-30-13-31-23(21)32-22/h2-13H,1H3,(H2,29,34)(H,30,31,32). The number of anilines is 2. The van der Waals surface area contributed by atoms with Crippen LogP contribution in [0.2, 0.25) is 0 Å². The van der Waals surface area contributed by atoms with Crippen molar-refractivity contribution in [1.29, 1.82) is 0 Å². The number of nitrogens with two attached hydrogens (primary N) is 1. The van der Waals surface area contributed by atoms with Gasteiger partial charge in [-0.1, -0.05) is 18.2 Å². The van der Waals surface area contributed by atoms with Gasteiger partial charge in [-0.25, -0.2) is 14.8 Å². The summed E-state index contributed by atoms with van der Waals surface area (Å²) in [6.07, 6.45) is -1.34. The van der Waals surface area contributed by atoms with E-state index in [1.54, 1.807) is 24.4 Å². The van der Waals surface area contributed by atoms with Gasteiger partial charge in [-0.05, 0) is 66.1 Å². The van der Waals surface area contributed by atoms with Crippen LogP contribution in [0.5, 0.6) is 0 Å². The number of rotatable bonds is 3. The Bertz CT molecular complexity index is 1560. The molecule has 5 aromatic rings. The molecule has 5 rings (SSSR count). The zero-order chi connectivity index (χ0) is 24.0. The van der Waals surface area contributed by atoms with Gasteiger partial charge in [0.05, 0.1) is 16.9 Å². The van der Waals surface area contributed by atoms with Crippen molar-refractivity contribution < 1.29 is 18.0 Å². The molecule has 0 atom stereocenters. The molecule has 2 aromatic heterocycles. The summed E-state index contributed by atoms with van der Waals surface area (Å²) < 4.78 is 39.7. The number of nitrogens with zero attached hydrogens (tertiary/aromatic N) is 3. The van der Waals surface area contributed by atoms with Gasteiger partial charge in [-0.2, -0.15) is 13.2 Å². The van der Waals surface area contributed by atoms with Crippen molar-refractivity contribution in [3.8, 4) is 11.1 Å². The molecule has 2 heterocycles. The second kappa shape index (κ2) is 7.87. The monoisotopic (exact) mass is 461 g/mol. The number of hydrogen-bond acceptors (Lipinski definition) is 3. The Balaban J connectivity index is 1.63. The number of benzene rings is 3. The highest BCUT2D eigenvalue weighted by Crippen LogP contribution is 2.37. The number of amides is 2. The first-order valence-electron chi connectivity index (χ1n) is 10.3. The molecule has 34 heavy (non-hydrogen) atoms. The topological polar surface area (TPSA) is 87.9 Å². The molecule has 0 radical (unpaired) electrons. The van der Waals surface area contributed by atoms with E-state index < -0.39 is 17.8 Å². The largest absolute Gasteiger partial charge is 0.416 e. The minimum absolute atomic E-state index is 0.0290. The van der Waals surface area contributed by atoms with Crippen LogP contribution in [0.1, 0.15) is 11.1 Å². The zero-order valence-electron chi connectivity index (χ0n) is 17.9. The number of aromatic nitrogens is 3. The van der Waals surface area contributed by atoms with Crippen LogP contribution in [0.4, 0.5) is 29.3 Å². The van der Waals surface area contributed by atoms with E-state index >= 15 is 0 Å². The Hall–Kier alpha value is -4.40. The molecule has 0 bridgehead atoms. The molecular weight excluding hydrogens is 443 g/mol. The molecule has 0 aliphatic carbocycles. The summed E-state index contributed by atoms with van der Waals surface area (Å²) in [5.74, 6) is 0. The molecule has 0 unspecified atom stereocenters. The number of alkyl halides is 3. The Morgan fingerprint density at radius 1 is 1.00 bits per heavy atom. The first-order chi connectivity index (χ1) is 16.2. The summed E-state index contributed by atoms with van der Waals surface area (Å²) in [7, 11) is 0. The number of carbonyl (C=O) groups excluding carboxylic acids is 1. The van der Waals surface area contributed by atoms with Crippen LogP contribution in [-0.2, 0) is 6.18 Å². The lowest BCUT2D eigenvalue weighted by Crippen LogP contribution is -2.31. The quantitative estimate of drug-likeness (QED) is 0.329. The number of carbonyl (C=O) groups is 1. The Labute approximate surface area is 191 Å². The van der Waals surface area contributed by atoms with Gasteiger partial charge in [0.1, 0.15) is 12.0 Å². The fourth-order valence-electron chi connectivity index (χ4n) is 4.08. The molecule has 3 aromatic carbocycles. The van der Waals surface area contributed by atoms with E-state index in [-0.39, 0.29) is 5.69 Å². The molecule has 0 saturated carbocycles. The minimum Gasteiger partial charge on any atom is -0.351 e. The molecule has 0 fully saturated rings. The van der Waals surface area contributed by atoms with Crippen molar-refractivity contribution >= 4 is 39.3 Å². The molecule has 170 valence electrons. The van der Waals surface area contributed by atoms with Gasteiger partial charge in [0.25, 0.3) is 0 Å². The van der Waals surface area contributed by atoms with Crippen LogP contribution in [0, 0.1) is 6.92 Å². The van der Waals surface area contributed by atoms with Crippen molar-refractivity contribution in [1.82, 2.24) is 15.0 Å². The lowest BCUT2D eigenvalue weighted by atomic mass is 9.98. The fraction of sp³-hybridized carbons (Fsp3) is 0.0800. The van der Waals surface area contributed by atoms with E-state index in [2.05, 4.69) is 15.0 Å². The maximum Gasteiger partial charge on any atom is 0.416 e. The molecular formula is C25H18F3N5O. The molecule has 0 saturated heterocycles. The molecule has 2 amide bonds. The van der Waals surface area contributed by atoms with Crippen molar-refractivity contribution in [3.05, 3.63) is 84.3 Å². The van der Waals surface area contributed by atoms with Gasteiger partial charge in [-0.3, -0.25) is 4.90 Å². The lowest BCUT2D eigenvalue weighted by molar-refractivity contribution is -0.137. The van der Waals surface area contributed by atoms with Gasteiger partial charge in [-0.15, -0.1) is 0 Å². The maximum atomic E-state index is 13.2. The SMILES string of the molecule is Cc1ccc(N(C(N)=O)c2cccc(C(F)(F)F)c2)cc1-c1ccc2[nH]c3ncncc3c2c1. The molecule has 3 N–H and O–H groups in total. The maximum absolute atomic E-state index is 13.2. The van der Waals surface area contributed by atoms with Crippen LogP contribution in [0.3, 0.4) is 0 Å². The van der Waals surface area contributed by atoms with Gasteiger partial charge in [0.2, 0.25) is 0 Å². The first kappa shape index (κ1) is 21.4. The Kier molecular flexibility index (Phi) is 4.97. The van der Waals surface area contributed by atoms with Crippen LogP contribution >= 0.6 is 0 Å². The van der Waals surface area contributed by atoms with Gasteiger partial charge >= 0.3 is 12.2 Å². The summed E-state index contributed by atoms with van der Waals surface area (Å²) in [4.78, 5) is 25.0. The average molecular weight is 461 g/mol. The average Bonchev–Trinajstić information content (AvgIpc) is 3.18. The predicted octanol–water partition coefficient (Wildman–Crippen LogP) is 6.32. The van der Waals surface area contributed by atoms with E-state index in [0.717, 1.165) is 55.7 Å². The Morgan fingerprint density at radius 3 is 2.56 bits per heavy atom. The van der Waals surface area contributed by atoms with Gasteiger partial charge in [0.15, 0.2) is 0 Å². The van der Waals surface area contributed by atoms with Crippen LogP contribution in [-0.4, -0.2) is 21.0 Å². The number of hydrogen-bond donors (Lipinski definition) is 2. The van der Waals surface area contributed by atoms with Crippen molar-refractivity contribution in [2.24, 2.45) is 5.73 Å². The number of fused-ring (bicyclic) bond motifs is 3. The van der Waals surface area contributed by atoms with Crippen molar-refractivity contribution in [2.75, 3.05) is 4.90 Å². The molecule has 9 heteroatoms. The van der Waals surface area contributed by atoms with Crippen molar-refractivity contribution in [3.63, 3.8) is 0 Å². The van der Waals surface area contributed by atoms with Crippen LogP contribution < -0.4 is 10.6 Å². The van der Waals surface area contributed by atoms with E-state index in [4.69, 9.17) is 5.73 Å². The lowest BCUT2D eigenvalue weighted by Gasteiger charge is -2.23. The minimum atomic E-state index is -4.55. The number of H-pyrrole nitrogens is 1. The summed E-state index contributed by atoms with van der Waals surface area (Å²) in [5, 5.41) is 1.80. The zero-order valence-corrected chi connectivity index (χ0v) is 17.9. The highest BCUT2D eigenvalue weighted by atomic mass is 19.4. The van der Waals surface area contributed by atoms with Crippen LogP contribution in [0.15, 0.2) is 73.2 Å². The van der Waals surface area contributed by atoms with Gasteiger partial charge in [0, 0.05) is 22.5 Å². The molecule has 0 aliphatic rings. The third kappa shape index (κ3) is 3.71. The number of aromatic amines is 1. The predicted molar refractivity (Wildman–Crippen MR) is 125 cm³/mol. The molecule has 0 aliphatic heterocycles. The summed E-state index contributed by atoms with van der Waals surface area (Å²) in [6, 6.07) is 14.7. The number of nitrogens with one attached hydrogen (secondary N) is 1. The highest BCUT2D eigenvalue weighted by molar-refractivity contribution is 6.07. The van der Waals surface area contributed by atoms with Gasteiger partial charge < -0.3 is 10.7 Å². The smallest absolute Gasteiger partial charge is 0.351 e. The number of halogens is 3. The first-order valence-corrected chi connectivity index (χ1v) is 10.3. The van der Waals surface area contributed by atoms with E-state index in [1.165, 1.54) is 18.5 Å². The summed E-state index contributed by atoms with van der Waals surface area (Å²) >= 11 is 0.